The summed E-state index contributed by atoms with van der Waals surface area (Å²) in [5, 5.41) is 3.88. The number of anilines is 1. The Bertz CT molecular complexity index is 607. The highest BCUT2D eigenvalue weighted by Crippen LogP contribution is 2.24. The van der Waals surface area contributed by atoms with Gasteiger partial charge in [0.15, 0.2) is 0 Å². The maximum absolute atomic E-state index is 13.2. The normalized spacial score (nSPS) is 10.4. The Balaban J connectivity index is 2.52. The lowest BCUT2D eigenvalue weighted by Crippen LogP contribution is -2.08. The number of rotatable bonds is 3. The number of hydrogen-bond acceptors (Lipinski definition) is 4. The summed E-state index contributed by atoms with van der Waals surface area (Å²) in [5.41, 5.74) is 6.06. The average Bonchev–Trinajstić information content (AvgIpc) is 2.69. The molecule has 2 aromatic rings. The average molecular weight is 249 g/mol. The number of methoxy groups -OCH3 is 1. The first-order chi connectivity index (χ1) is 8.54. The molecule has 0 radical (unpaired) electrons. The van der Waals surface area contributed by atoms with Crippen molar-refractivity contribution in [3.63, 3.8) is 0 Å². The minimum absolute atomic E-state index is 0.122. The number of carbonyl (C=O) groups excluding carboxylic acids is 1. The number of benzene rings is 1. The van der Waals surface area contributed by atoms with Crippen molar-refractivity contribution in [1.29, 1.82) is 0 Å². The van der Waals surface area contributed by atoms with E-state index in [0.29, 0.717) is 5.75 Å². The van der Waals surface area contributed by atoms with Crippen molar-refractivity contribution in [2.45, 2.75) is 0 Å². The van der Waals surface area contributed by atoms with Crippen LogP contribution in [-0.2, 0) is 7.05 Å². The minimum atomic E-state index is -0.512. The Labute approximate surface area is 103 Å². The molecular formula is C12H12FN3O2. The monoisotopic (exact) mass is 249 g/mol. The number of nitrogens with zero attached hydrogens (tertiary/aromatic N) is 2. The number of aryl methyl sites for hydroxylation is 1. The van der Waals surface area contributed by atoms with Gasteiger partial charge in [0, 0.05) is 7.05 Å². The van der Waals surface area contributed by atoms with E-state index in [0.717, 1.165) is 6.07 Å². The number of carbonyl (C=O) groups is 1. The van der Waals surface area contributed by atoms with E-state index in [2.05, 4.69) is 5.10 Å². The zero-order valence-corrected chi connectivity index (χ0v) is 9.98. The molecule has 0 aliphatic heterocycles. The van der Waals surface area contributed by atoms with Crippen molar-refractivity contribution in [3.05, 3.63) is 41.3 Å². The van der Waals surface area contributed by atoms with Crippen LogP contribution in [0.2, 0.25) is 0 Å². The van der Waals surface area contributed by atoms with Gasteiger partial charge in [-0.15, -0.1) is 0 Å². The topological polar surface area (TPSA) is 70.1 Å². The largest absolute Gasteiger partial charge is 0.496 e. The number of ether oxygens (including phenoxy) is 1. The van der Waals surface area contributed by atoms with E-state index >= 15 is 0 Å². The molecule has 6 heteroatoms. The molecule has 0 fully saturated rings. The summed E-state index contributed by atoms with van der Waals surface area (Å²) in [4.78, 5) is 12.2. The highest BCUT2D eigenvalue weighted by molar-refractivity contribution is 6.13. The molecule has 2 rings (SSSR count). The van der Waals surface area contributed by atoms with E-state index < -0.39 is 11.6 Å². The molecule has 0 amide bonds. The zero-order chi connectivity index (χ0) is 13.3. The summed E-state index contributed by atoms with van der Waals surface area (Å²) >= 11 is 0. The molecule has 94 valence electrons. The molecule has 2 N–H and O–H groups in total. The lowest BCUT2D eigenvalue weighted by Gasteiger charge is -2.07. The van der Waals surface area contributed by atoms with Crippen LogP contribution in [0.4, 0.5) is 10.2 Å². The van der Waals surface area contributed by atoms with E-state index in [4.69, 9.17) is 10.5 Å². The van der Waals surface area contributed by atoms with Crippen LogP contribution < -0.4 is 10.5 Å². The van der Waals surface area contributed by atoms with Crippen LogP contribution in [0.5, 0.6) is 5.75 Å². The fraction of sp³-hybridized carbons (Fsp3) is 0.167. The van der Waals surface area contributed by atoms with Crippen LogP contribution in [0, 0.1) is 5.82 Å². The van der Waals surface area contributed by atoms with Crippen molar-refractivity contribution in [3.8, 4) is 5.75 Å². The number of nitrogen functional groups attached to an aromatic ring is 1. The number of ketones is 1. The molecule has 0 unspecified atom stereocenters. The van der Waals surface area contributed by atoms with Crippen molar-refractivity contribution in [2.24, 2.45) is 7.05 Å². The maximum atomic E-state index is 13.2. The van der Waals surface area contributed by atoms with Gasteiger partial charge in [0.1, 0.15) is 17.4 Å². The predicted molar refractivity (Wildman–Crippen MR) is 64.0 cm³/mol. The van der Waals surface area contributed by atoms with E-state index in [1.165, 1.54) is 30.1 Å². The highest BCUT2D eigenvalue weighted by atomic mass is 19.1. The molecule has 0 atom stereocenters. The van der Waals surface area contributed by atoms with E-state index in [1.807, 2.05) is 0 Å². The Morgan fingerprint density at radius 3 is 2.72 bits per heavy atom. The molecule has 0 aliphatic rings. The summed E-state index contributed by atoms with van der Waals surface area (Å²) in [6, 6.07) is 3.74. The van der Waals surface area contributed by atoms with Gasteiger partial charge in [0.2, 0.25) is 5.78 Å². The Hall–Kier alpha value is -2.37. The van der Waals surface area contributed by atoms with Crippen LogP contribution in [0.25, 0.3) is 0 Å². The molecule has 0 aliphatic carbocycles. The van der Waals surface area contributed by atoms with E-state index in [1.54, 1.807) is 7.05 Å². The first-order valence-corrected chi connectivity index (χ1v) is 5.20. The fourth-order valence-corrected chi connectivity index (χ4v) is 1.62. The molecule has 1 aromatic heterocycles. The fourth-order valence-electron chi connectivity index (χ4n) is 1.62. The minimum Gasteiger partial charge on any atom is -0.496 e. The SMILES string of the molecule is COc1ccc(F)cc1C(=O)c1cnn(C)c1N. The second-order valence-electron chi connectivity index (χ2n) is 3.74. The summed E-state index contributed by atoms with van der Waals surface area (Å²) in [6.07, 6.45) is 1.35. The standard InChI is InChI=1S/C12H12FN3O2/c1-16-12(14)9(6-15-16)11(17)8-5-7(13)3-4-10(8)18-2/h3-6H,14H2,1-2H3. The highest BCUT2D eigenvalue weighted by Gasteiger charge is 2.20. The van der Waals surface area contributed by atoms with Gasteiger partial charge < -0.3 is 10.5 Å². The number of nitrogens with two attached hydrogens (primary N) is 1. The molecule has 0 bridgehead atoms. The molecule has 5 nitrogen and oxygen atoms in total. The zero-order valence-electron chi connectivity index (χ0n) is 9.98. The van der Waals surface area contributed by atoms with E-state index in [-0.39, 0.29) is 16.9 Å². The van der Waals surface area contributed by atoms with Gasteiger partial charge in [-0.05, 0) is 18.2 Å². The summed E-state index contributed by atoms with van der Waals surface area (Å²) in [7, 11) is 3.03. The quantitative estimate of drug-likeness (QED) is 0.834. The summed E-state index contributed by atoms with van der Waals surface area (Å²) < 4.78 is 19.6. The van der Waals surface area contributed by atoms with Crippen molar-refractivity contribution < 1.29 is 13.9 Å². The molecule has 0 saturated carbocycles. The number of halogens is 1. The molecule has 1 aromatic carbocycles. The van der Waals surface area contributed by atoms with Crippen LogP contribution >= 0.6 is 0 Å². The smallest absolute Gasteiger partial charge is 0.202 e. The second-order valence-corrected chi connectivity index (χ2v) is 3.74. The lowest BCUT2D eigenvalue weighted by atomic mass is 10.0. The predicted octanol–water partition coefficient (Wildman–Crippen LogP) is 1.38. The molecule has 0 saturated heterocycles. The Morgan fingerprint density at radius 1 is 1.44 bits per heavy atom. The van der Waals surface area contributed by atoms with Crippen LogP contribution in [-0.4, -0.2) is 22.7 Å². The third kappa shape index (κ3) is 1.92. The van der Waals surface area contributed by atoms with Gasteiger partial charge in [0.25, 0.3) is 0 Å². The van der Waals surface area contributed by atoms with Gasteiger partial charge in [-0.2, -0.15) is 5.10 Å². The first-order valence-electron chi connectivity index (χ1n) is 5.20. The van der Waals surface area contributed by atoms with Crippen LogP contribution in [0.15, 0.2) is 24.4 Å². The Morgan fingerprint density at radius 2 is 2.17 bits per heavy atom. The number of aromatic nitrogens is 2. The first kappa shape index (κ1) is 12.1. The molecule has 18 heavy (non-hydrogen) atoms. The van der Waals surface area contributed by atoms with Gasteiger partial charge >= 0.3 is 0 Å². The number of hydrogen-bond donors (Lipinski definition) is 1. The molecular weight excluding hydrogens is 237 g/mol. The third-order valence-corrected chi connectivity index (χ3v) is 2.64. The van der Waals surface area contributed by atoms with E-state index in [9.17, 15) is 9.18 Å². The third-order valence-electron chi connectivity index (χ3n) is 2.64. The van der Waals surface area contributed by atoms with Gasteiger partial charge in [0.05, 0.1) is 24.4 Å². The molecule has 1 heterocycles. The van der Waals surface area contributed by atoms with Crippen molar-refractivity contribution in [2.75, 3.05) is 12.8 Å². The summed E-state index contributed by atoms with van der Waals surface area (Å²) in [6.45, 7) is 0. The van der Waals surface area contributed by atoms with Gasteiger partial charge in [-0.25, -0.2) is 4.39 Å². The van der Waals surface area contributed by atoms with Crippen molar-refractivity contribution >= 4 is 11.6 Å². The van der Waals surface area contributed by atoms with Crippen LogP contribution in [0.1, 0.15) is 15.9 Å². The maximum Gasteiger partial charge on any atom is 0.202 e. The summed E-state index contributed by atoms with van der Waals surface area (Å²) in [5.74, 6) is -0.408. The van der Waals surface area contributed by atoms with Crippen LogP contribution in [0.3, 0.4) is 0 Å². The Kier molecular flexibility index (Phi) is 3.01. The van der Waals surface area contributed by atoms with Gasteiger partial charge in [-0.1, -0.05) is 0 Å². The van der Waals surface area contributed by atoms with Gasteiger partial charge in [-0.3, -0.25) is 9.48 Å². The second kappa shape index (κ2) is 4.48. The molecule has 0 spiro atoms. The lowest BCUT2D eigenvalue weighted by molar-refractivity contribution is 0.103. The van der Waals surface area contributed by atoms with Crippen molar-refractivity contribution in [1.82, 2.24) is 9.78 Å².